The molecule has 2 aromatic rings. The van der Waals surface area contributed by atoms with Crippen molar-refractivity contribution in [2.75, 3.05) is 7.11 Å². The molecule has 0 radical (unpaired) electrons. The molecule has 0 saturated carbocycles. The number of benzene rings is 2. The van der Waals surface area contributed by atoms with Crippen LogP contribution in [0.15, 0.2) is 48.5 Å². The van der Waals surface area contributed by atoms with Gasteiger partial charge in [0.15, 0.2) is 11.5 Å². The zero-order valence-corrected chi connectivity index (χ0v) is 11.9. The number of hydrogen-bond acceptors (Lipinski definition) is 3. The van der Waals surface area contributed by atoms with Crippen LogP contribution in [0, 0.1) is 0 Å². The molecule has 0 unspecified atom stereocenters. The highest BCUT2D eigenvalue weighted by Gasteiger charge is 2.11. The van der Waals surface area contributed by atoms with Gasteiger partial charge in [-0.3, -0.25) is 4.79 Å². The molecule has 0 aliphatic heterocycles. The minimum absolute atomic E-state index is 0.0680. The summed E-state index contributed by atoms with van der Waals surface area (Å²) in [5, 5.41) is 8.79. The van der Waals surface area contributed by atoms with Gasteiger partial charge in [0.2, 0.25) is 0 Å². The maximum Gasteiger partial charge on any atom is 0.303 e. The average Bonchev–Trinajstić information content (AvgIpc) is 2.51. The molecule has 4 nitrogen and oxygen atoms in total. The van der Waals surface area contributed by atoms with Gasteiger partial charge in [-0.05, 0) is 23.6 Å². The molecule has 0 heterocycles. The fraction of sp³-hybridized carbons (Fsp3) is 0.235. The van der Waals surface area contributed by atoms with Crippen LogP contribution in [0.2, 0.25) is 0 Å². The lowest BCUT2D eigenvalue weighted by atomic mass is 10.1. The molecular weight excluding hydrogens is 268 g/mol. The minimum Gasteiger partial charge on any atom is -0.493 e. The number of carboxylic acid groups (broad SMARTS) is 1. The molecule has 0 saturated heterocycles. The fourth-order valence-electron chi connectivity index (χ4n) is 2.08. The van der Waals surface area contributed by atoms with E-state index in [-0.39, 0.29) is 6.42 Å². The van der Waals surface area contributed by atoms with E-state index >= 15 is 0 Å². The van der Waals surface area contributed by atoms with Crippen LogP contribution in [0.4, 0.5) is 0 Å². The van der Waals surface area contributed by atoms with Crippen LogP contribution in [0.1, 0.15) is 17.5 Å². The number of aliphatic carboxylic acids is 1. The number of rotatable bonds is 7. The predicted molar refractivity (Wildman–Crippen MR) is 79.7 cm³/mol. The summed E-state index contributed by atoms with van der Waals surface area (Å²) in [6.45, 7) is 0.444. The van der Waals surface area contributed by atoms with Crippen molar-refractivity contribution in [2.24, 2.45) is 0 Å². The van der Waals surface area contributed by atoms with E-state index in [1.807, 2.05) is 48.5 Å². The number of hydrogen-bond donors (Lipinski definition) is 1. The highest BCUT2D eigenvalue weighted by Crippen LogP contribution is 2.32. The lowest BCUT2D eigenvalue weighted by Crippen LogP contribution is -2.02. The van der Waals surface area contributed by atoms with E-state index in [0.717, 1.165) is 11.1 Å². The van der Waals surface area contributed by atoms with Crippen LogP contribution in [0.3, 0.4) is 0 Å². The zero-order chi connectivity index (χ0) is 15.1. The number of para-hydroxylation sites is 1. The zero-order valence-electron chi connectivity index (χ0n) is 11.9. The Morgan fingerprint density at radius 1 is 1.10 bits per heavy atom. The molecule has 110 valence electrons. The van der Waals surface area contributed by atoms with Crippen molar-refractivity contribution in [3.05, 3.63) is 59.7 Å². The summed E-state index contributed by atoms with van der Waals surface area (Å²) >= 11 is 0. The number of ether oxygens (including phenoxy) is 2. The van der Waals surface area contributed by atoms with Gasteiger partial charge in [0.05, 0.1) is 7.11 Å². The maximum absolute atomic E-state index is 10.7. The van der Waals surface area contributed by atoms with Gasteiger partial charge in [-0.25, -0.2) is 0 Å². The summed E-state index contributed by atoms with van der Waals surface area (Å²) in [6.07, 6.45) is 0.486. The molecule has 0 aromatic heterocycles. The molecule has 4 heteroatoms. The van der Waals surface area contributed by atoms with E-state index in [0.29, 0.717) is 24.5 Å². The predicted octanol–water partition coefficient (Wildman–Crippen LogP) is 3.29. The first-order valence-corrected chi connectivity index (χ1v) is 6.75. The van der Waals surface area contributed by atoms with E-state index in [4.69, 9.17) is 14.6 Å². The topological polar surface area (TPSA) is 55.8 Å². The van der Waals surface area contributed by atoms with Crippen molar-refractivity contribution in [1.29, 1.82) is 0 Å². The Bertz CT molecular complexity index is 593. The highest BCUT2D eigenvalue weighted by atomic mass is 16.5. The Morgan fingerprint density at radius 3 is 2.52 bits per heavy atom. The van der Waals surface area contributed by atoms with Crippen molar-refractivity contribution in [2.45, 2.75) is 19.4 Å². The quantitative estimate of drug-likeness (QED) is 0.848. The monoisotopic (exact) mass is 286 g/mol. The summed E-state index contributed by atoms with van der Waals surface area (Å²) < 4.78 is 11.2. The summed E-state index contributed by atoms with van der Waals surface area (Å²) in [5.41, 5.74) is 1.90. The fourth-order valence-corrected chi connectivity index (χ4v) is 2.08. The van der Waals surface area contributed by atoms with Crippen molar-refractivity contribution in [3.63, 3.8) is 0 Å². The molecule has 2 rings (SSSR count). The normalized spacial score (nSPS) is 10.1. The van der Waals surface area contributed by atoms with Crippen LogP contribution in [-0.4, -0.2) is 18.2 Å². The molecule has 0 fully saturated rings. The van der Waals surface area contributed by atoms with Crippen LogP contribution < -0.4 is 9.47 Å². The van der Waals surface area contributed by atoms with E-state index in [1.54, 1.807) is 7.11 Å². The van der Waals surface area contributed by atoms with Crippen LogP contribution in [-0.2, 0) is 17.8 Å². The Labute approximate surface area is 123 Å². The molecule has 0 aliphatic rings. The Morgan fingerprint density at radius 2 is 1.86 bits per heavy atom. The molecule has 2 aromatic carbocycles. The van der Waals surface area contributed by atoms with Crippen molar-refractivity contribution >= 4 is 5.97 Å². The van der Waals surface area contributed by atoms with Gasteiger partial charge in [-0.15, -0.1) is 0 Å². The largest absolute Gasteiger partial charge is 0.493 e. The number of carboxylic acids is 1. The number of aryl methyl sites for hydroxylation is 1. The molecule has 0 bridgehead atoms. The number of methoxy groups -OCH3 is 1. The maximum atomic E-state index is 10.7. The second kappa shape index (κ2) is 7.33. The molecule has 0 atom stereocenters. The van der Waals surface area contributed by atoms with Gasteiger partial charge >= 0.3 is 5.97 Å². The molecule has 0 spiro atoms. The van der Waals surface area contributed by atoms with Crippen molar-refractivity contribution < 1.29 is 19.4 Å². The van der Waals surface area contributed by atoms with Crippen molar-refractivity contribution in [1.82, 2.24) is 0 Å². The van der Waals surface area contributed by atoms with Gasteiger partial charge in [0.1, 0.15) is 6.61 Å². The van der Waals surface area contributed by atoms with Crippen LogP contribution >= 0.6 is 0 Å². The first kappa shape index (κ1) is 14.9. The Kier molecular flexibility index (Phi) is 5.21. The van der Waals surface area contributed by atoms with E-state index in [1.165, 1.54) is 0 Å². The third-order valence-electron chi connectivity index (χ3n) is 3.11. The van der Waals surface area contributed by atoms with Crippen molar-refractivity contribution in [3.8, 4) is 11.5 Å². The van der Waals surface area contributed by atoms with E-state index in [9.17, 15) is 4.79 Å². The Balaban J connectivity index is 2.11. The lowest BCUT2D eigenvalue weighted by Gasteiger charge is -2.14. The van der Waals surface area contributed by atoms with Gasteiger partial charge in [0.25, 0.3) is 0 Å². The summed E-state index contributed by atoms with van der Waals surface area (Å²) in [5.74, 6) is 0.409. The molecule has 0 aliphatic carbocycles. The van der Waals surface area contributed by atoms with E-state index in [2.05, 4.69) is 0 Å². The summed E-state index contributed by atoms with van der Waals surface area (Å²) in [7, 11) is 1.56. The highest BCUT2D eigenvalue weighted by molar-refractivity contribution is 5.67. The third-order valence-corrected chi connectivity index (χ3v) is 3.11. The summed E-state index contributed by atoms with van der Waals surface area (Å²) in [4.78, 5) is 10.7. The Hall–Kier alpha value is -2.49. The molecule has 0 amide bonds. The SMILES string of the molecule is COc1c(CCC(=O)O)cccc1OCc1ccccc1. The van der Waals surface area contributed by atoms with Gasteiger partial charge < -0.3 is 14.6 Å². The third kappa shape index (κ3) is 4.24. The molecule has 1 N–H and O–H groups in total. The molecule has 21 heavy (non-hydrogen) atoms. The van der Waals surface area contributed by atoms with E-state index < -0.39 is 5.97 Å². The lowest BCUT2D eigenvalue weighted by molar-refractivity contribution is -0.136. The van der Waals surface area contributed by atoms with Crippen LogP contribution in [0.5, 0.6) is 11.5 Å². The molecular formula is C17H18O4. The standard InChI is InChI=1S/C17H18O4/c1-20-17-14(10-11-16(18)19)8-5-9-15(17)21-12-13-6-3-2-4-7-13/h2-9H,10-12H2,1H3,(H,18,19). The van der Waals surface area contributed by atoms with Crippen LogP contribution in [0.25, 0.3) is 0 Å². The second-order valence-electron chi connectivity index (χ2n) is 4.62. The summed E-state index contributed by atoms with van der Waals surface area (Å²) in [6, 6.07) is 15.4. The smallest absolute Gasteiger partial charge is 0.303 e. The first-order chi connectivity index (χ1) is 10.2. The van der Waals surface area contributed by atoms with Gasteiger partial charge in [-0.2, -0.15) is 0 Å². The second-order valence-corrected chi connectivity index (χ2v) is 4.62. The van der Waals surface area contributed by atoms with Gasteiger partial charge in [0, 0.05) is 6.42 Å². The minimum atomic E-state index is -0.826. The first-order valence-electron chi connectivity index (χ1n) is 6.75. The average molecular weight is 286 g/mol. The number of carbonyl (C=O) groups is 1. The van der Waals surface area contributed by atoms with Gasteiger partial charge in [-0.1, -0.05) is 42.5 Å².